The molecule has 0 aliphatic carbocycles. The van der Waals surface area contributed by atoms with Crippen LogP contribution in [0.4, 0.5) is 4.39 Å². The molecule has 1 rings (SSSR count). The second-order valence-corrected chi connectivity index (χ2v) is 3.47. The maximum atomic E-state index is 13.3. The van der Waals surface area contributed by atoms with Crippen molar-refractivity contribution >= 4 is 6.29 Å². The summed E-state index contributed by atoms with van der Waals surface area (Å²) in [5.41, 5.74) is 1.40. The summed E-state index contributed by atoms with van der Waals surface area (Å²) in [6.07, 6.45) is 2.76. The van der Waals surface area contributed by atoms with Crippen LogP contribution in [0.25, 0.3) is 0 Å². The molecule has 0 aromatic heterocycles. The van der Waals surface area contributed by atoms with E-state index in [1.54, 1.807) is 20.1 Å². The maximum absolute atomic E-state index is 13.3. The number of carbonyl (C=O) groups is 1. The number of halogens is 1. The Balaban J connectivity index is 2.84. The molecular formula is C12H15FO2. The van der Waals surface area contributed by atoms with Gasteiger partial charge in [-0.2, -0.15) is 0 Å². The monoisotopic (exact) mass is 210 g/mol. The second-order valence-electron chi connectivity index (χ2n) is 3.47. The van der Waals surface area contributed by atoms with Crippen LogP contribution in [0.3, 0.4) is 0 Å². The normalized spacial score (nSPS) is 10.1. The minimum Gasteiger partial charge on any atom is -0.496 e. The van der Waals surface area contributed by atoms with Gasteiger partial charge >= 0.3 is 0 Å². The molecule has 0 bridgehead atoms. The molecule has 0 saturated carbocycles. The SMILES string of the molecule is COc1cc(C)c(F)cc1CCCC=O. The number of unbranched alkanes of at least 4 members (excludes halogenated alkanes) is 1. The number of benzene rings is 1. The molecule has 2 nitrogen and oxygen atoms in total. The number of aldehydes is 1. The Hall–Kier alpha value is -1.38. The van der Waals surface area contributed by atoms with E-state index in [0.29, 0.717) is 24.2 Å². The van der Waals surface area contributed by atoms with Gasteiger partial charge in [0.05, 0.1) is 7.11 Å². The first-order valence-corrected chi connectivity index (χ1v) is 4.95. The zero-order valence-electron chi connectivity index (χ0n) is 9.05. The molecule has 0 saturated heterocycles. The van der Waals surface area contributed by atoms with Crippen molar-refractivity contribution in [3.05, 3.63) is 29.1 Å². The zero-order valence-corrected chi connectivity index (χ0v) is 9.05. The highest BCUT2D eigenvalue weighted by atomic mass is 19.1. The van der Waals surface area contributed by atoms with Crippen molar-refractivity contribution in [2.24, 2.45) is 0 Å². The van der Waals surface area contributed by atoms with E-state index in [2.05, 4.69) is 0 Å². The number of rotatable bonds is 5. The Morgan fingerprint density at radius 1 is 1.47 bits per heavy atom. The minimum absolute atomic E-state index is 0.225. The Kier molecular flexibility index (Phi) is 4.28. The summed E-state index contributed by atoms with van der Waals surface area (Å²) >= 11 is 0. The average molecular weight is 210 g/mol. The third kappa shape index (κ3) is 3.05. The van der Waals surface area contributed by atoms with Crippen LogP contribution in [0.15, 0.2) is 12.1 Å². The first kappa shape index (κ1) is 11.7. The summed E-state index contributed by atoms with van der Waals surface area (Å²) in [6.45, 7) is 1.70. The van der Waals surface area contributed by atoms with Gasteiger partial charge in [-0.1, -0.05) is 0 Å². The summed E-state index contributed by atoms with van der Waals surface area (Å²) in [4.78, 5) is 10.2. The first-order valence-electron chi connectivity index (χ1n) is 4.95. The predicted octanol–water partition coefficient (Wildman–Crippen LogP) is 2.66. The largest absolute Gasteiger partial charge is 0.496 e. The van der Waals surface area contributed by atoms with Crippen molar-refractivity contribution in [1.82, 2.24) is 0 Å². The predicted molar refractivity (Wildman–Crippen MR) is 56.7 cm³/mol. The fourth-order valence-corrected chi connectivity index (χ4v) is 1.46. The van der Waals surface area contributed by atoms with E-state index in [-0.39, 0.29) is 5.82 Å². The highest BCUT2D eigenvalue weighted by Gasteiger charge is 2.07. The lowest BCUT2D eigenvalue weighted by atomic mass is 10.0. The molecule has 0 radical (unpaired) electrons. The number of aryl methyl sites for hydroxylation is 2. The summed E-state index contributed by atoms with van der Waals surface area (Å²) in [5.74, 6) is 0.469. The van der Waals surface area contributed by atoms with E-state index < -0.39 is 0 Å². The topological polar surface area (TPSA) is 26.3 Å². The van der Waals surface area contributed by atoms with E-state index >= 15 is 0 Å². The van der Waals surface area contributed by atoms with Crippen molar-refractivity contribution in [1.29, 1.82) is 0 Å². The maximum Gasteiger partial charge on any atom is 0.126 e. The van der Waals surface area contributed by atoms with Crippen molar-refractivity contribution < 1.29 is 13.9 Å². The van der Waals surface area contributed by atoms with Gasteiger partial charge in [0, 0.05) is 6.42 Å². The van der Waals surface area contributed by atoms with Gasteiger partial charge in [0.25, 0.3) is 0 Å². The molecule has 15 heavy (non-hydrogen) atoms. The van der Waals surface area contributed by atoms with Gasteiger partial charge in [0.2, 0.25) is 0 Å². The fourth-order valence-electron chi connectivity index (χ4n) is 1.46. The highest BCUT2D eigenvalue weighted by Crippen LogP contribution is 2.23. The van der Waals surface area contributed by atoms with Crippen molar-refractivity contribution in [2.45, 2.75) is 26.2 Å². The molecule has 0 unspecified atom stereocenters. The molecule has 0 fully saturated rings. The van der Waals surface area contributed by atoms with Crippen LogP contribution in [0.2, 0.25) is 0 Å². The molecule has 3 heteroatoms. The summed E-state index contributed by atoms with van der Waals surface area (Å²) in [6, 6.07) is 3.17. The van der Waals surface area contributed by atoms with Crippen LogP contribution in [-0.2, 0) is 11.2 Å². The number of methoxy groups -OCH3 is 1. The van der Waals surface area contributed by atoms with Crippen LogP contribution in [0.1, 0.15) is 24.0 Å². The Bertz CT molecular complexity index is 348. The quantitative estimate of drug-likeness (QED) is 0.551. The molecular weight excluding hydrogens is 195 g/mol. The van der Waals surface area contributed by atoms with Crippen LogP contribution in [-0.4, -0.2) is 13.4 Å². The molecule has 1 aromatic carbocycles. The molecule has 82 valence electrons. The van der Waals surface area contributed by atoms with Crippen LogP contribution in [0, 0.1) is 12.7 Å². The Morgan fingerprint density at radius 3 is 2.80 bits per heavy atom. The van der Waals surface area contributed by atoms with Gasteiger partial charge in [-0.25, -0.2) is 4.39 Å². The lowest BCUT2D eigenvalue weighted by Crippen LogP contribution is -1.96. The van der Waals surface area contributed by atoms with Crippen LogP contribution in [0.5, 0.6) is 5.75 Å². The summed E-state index contributed by atoms with van der Waals surface area (Å²) < 4.78 is 18.4. The van der Waals surface area contributed by atoms with Crippen molar-refractivity contribution in [3.8, 4) is 5.75 Å². The fraction of sp³-hybridized carbons (Fsp3) is 0.417. The van der Waals surface area contributed by atoms with Gasteiger partial charge in [-0.3, -0.25) is 0 Å². The third-order valence-corrected chi connectivity index (χ3v) is 2.33. The molecule has 0 heterocycles. The van der Waals surface area contributed by atoms with E-state index in [9.17, 15) is 9.18 Å². The van der Waals surface area contributed by atoms with Gasteiger partial charge in [0.15, 0.2) is 0 Å². The van der Waals surface area contributed by atoms with Crippen LogP contribution >= 0.6 is 0 Å². The van der Waals surface area contributed by atoms with Crippen LogP contribution < -0.4 is 4.74 Å². The number of hydrogen-bond acceptors (Lipinski definition) is 2. The average Bonchev–Trinajstić information content (AvgIpc) is 2.23. The van der Waals surface area contributed by atoms with E-state index in [4.69, 9.17) is 4.74 Å². The van der Waals surface area contributed by atoms with Crippen molar-refractivity contribution in [3.63, 3.8) is 0 Å². The number of ether oxygens (including phenoxy) is 1. The Labute approximate surface area is 89.1 Å². The Morgan fingerprint density at radius 2 is 2.20 bits per heavy atom. The minimum atomic E-state index is -0.225. The lowest BCUT2D eigenvalue weighted by Gasteiger charge is -2.09. The lowest BCUT2D eigenvalue weighted by molar-refractivity contribution is -0.107. The molecule has 0 atom stereocenters. The van der Waals surface area contributed by atoms with E-state index in [0.717, 1.165) is 18.3 Å². The van der Waals surface area contributed by atoms with E-state index in [1.165, 1.54) is 6.07 Å². The molecule has 0 spiro atoms. The second kappa shape index (κ2) is 5.49. The number of carbonyl (C=O) groups excluding carboxylic acids is 1. The highest BCUT2D eigenvalue weighted by molar-refractivity contribution is 5.49. The zero-order chi connectivity index (χ0) is 11.3. The molecule has 0 aliphatic heterocycles. The molecule has 0 N–H and O–H groups in total. The van der Waals surface area contributed by atoms with E-state index in [1.807, 2.05) is 0 Å². The summed E-state index contributed by atoms with van der Waals surface area (Å²) in [5, 5.41) is 0. The molecule has 0 aliphatic rings. The standard InChI is InChI=1S/C12H15FO2/c1-9-7-12(15-2)10(8-11(9)13)5-3-4-6-14/h6-8H,3-5H2,1-2H3. The van der Waals surface area contributed by atoms with Gasteiger partial charge in [-0.05, 0) is 43.0 Å². The van der Waals surface area contributed by atoms with Crippen molar-refractivity contribution in [2.75, 3.05) is 7.11 Å². The van der Waals surface area contributed by atoms with Gasteiger partial charge < -0.3 is 9.53 Å². The molecule has 0 amide bonds. The third-order valence-electron chi connectivity index (χ3n) is 2.33. The smallest absolute Gasteiger partial charge is 0.126 e. The van der Waals surface area contributed by atoms with Gasteiger partial charge in [0.1, 0.15) is 17.9 Å². The van der Waals surface area contributed by atoms with Gasteiger partial charge in [-0.15, -0.1) is 0 Å². The summed E-state index contributed by atoms with van der Waals surface area (Å²) in [7, 11) is 1.57. The number of hydrogen-bond donors (Lipinski definition) is 0. The molecule has 1 aromatic rings. The first-order chi connectivity index (χ1) is 7.19.